The molecule has 0 aromatic heterocycles. The first kappa shape index (κ1) is 13.8. The Kier molecular flexibility index (Phi) is 4.04. The number of amides is 2. The van der Waals surface area contributed by atoms with E-state index in [1.807, 2.05) is 0 Å². The molecule has 1 aliphatic rings. The van der Waals surface area contributed by atoms with Crippen LogP contribution in [-0.4, -0.2) is 23.1 Å². The fourth-order valence-electron chi connectivity index (χ4n) is 1.70. The van der Waals surface area contributed by atoms with Gasteiger partial charge in [-0.05, 0) is 37.0 Å². The van der Waals surface area contributed by atoms with E-state index >= 15 is 0 Å². The van der Waals surface area contributed by atoms with Crippen molar-refractivity contribution < 1.29 is 19.1 Å². The van der Waals surface area contributed by atoms with Gasteiger partial charge in [0.2, 0.25) is 0 Å². The van der Waals surface area contributed by atoms with E-state index in [2.05, 4.69) is 26.6 Å². The Morgan fingerprint density at radius 2 is 2.11 bits per heavy atom. The van der Waals surface area contributed by atoms with Crippen LogP contribution in [0.5, 0.6) is 0 Å². The molecule has 1 fully saturated rings. The van der Waals surface area contributed by atoms with Crippen molar-refractivity contribution in [2.24, 2.45) is 5.92 Å². The maximum atomic E-state index is 13.4. The second-order valence-corrected chi connectivity index (χ2v) is 5.29. The van der Waals surface area contributed by atoms with E-state index in [1.165, 1.54) is 18.2 Å². The number of carbonyl (C=O) groups excluding carboxylic acids is 1. The number of urea groups is 1. The van der Waals surface area contributed by atoms with E-state index in [0.29, 0.717) is 4.47 Å². The van der Waals surface area contributed by atoms with Gasteiger partial charge in [0.05, 0.1) is 5.69 Å². The number of aliphatic carboxylic acids is 1. The molecule has 7 heteroatoms. The van der Waals surface area contributed by atoms with Gasteiger partial charge in [0.1, 0.15) is 11.9 Å². The summed E-state index contributed by atoms with van der Waals surface area (Å²) in [6, 6.07) is 2.46. The minimum atomic E-state index is -1.08. The molecule has 1 aromatic rings. The first-order chi connectivity index (χ1) is 8.97. The highest BCUT2D eigenvalue weighted by atomic mass is 79.9. The average Bonchev–Trinajstić information content (AvgIpc) is 3.14. The molecule has 102 valence electrons. The lowest BCUT2D eigenvalue weighted by Crippen LogP contribution is -2.44. The molecule has 0 saturated heterocycles. The zero-order valence-corrected chi connectivity index (χ0v) is 11.4. The predicted octanol–water partition coefficient (Wildman–Crippen LogP) is 2.57. The Labute approximate surface area is 117 Å². The fraction of sp³-hybridized carbons (Fsp3) is 0.333. The summed E-state index contributed by atoms with van der Waals surface area (Å²) in [5.74, 6) is -1.69. The lowest BCUT2D eigenvalue weighted by atomic mass is 10.2. The van der Waals surface area contributed by atoms with E-state index < -0.39 is 23.9 Å². The molecule has 2 amide bonds. The van der Waals surface area contributed by atoms with Gasteiger partial charge in [-0.15, -0.1) is 0 Å². The molecule has 0 radical (unpaired) electrons. The minimum absolute atomic E-state index is 0.00758. The molecule has 1 aliphatic carbocycles. The second kappa shape index (κ2) is 5.56. The number of rotatable bonds is 4. The highest BCUT2D eigenvalue weighted by molar-refractivity contribution is 9.10. The summed E-state index contributed by atoms with van der Waals surface area (Å²) in [5.41, 5.74) is -0.00758. The molecule has 5 nitrogen and oxygen atoms in total. The summed E-state index contributed by atoms with van der Waals surface area (Å²) in [7, 11) is 0. The Bertz CT molecular complexity index is 520. The van der Waals surface area contributed by atoms with Crippen molar-refractivity contribution in [2.75, 3.05) is 5.32 Å². The van der Waals surface area contributed by atoms with Crippen LogP contribution in [0, 0.1) is 11.7 Å². The maximum absolute atomic E-state index is 13.4. The number of carbonyl (C=O) groups is 2. The normalized spacial score (nSPS) is 15.7. The van der Waals surface area contributed by atoms with E-state index in [0.717, 1.165) is 12.8 Å². The number of benzene rings is 1. The molecular weight excluding hydrogens is 319 g/mol. The van der Waals surface area contributed by atoms with Crippen molar-refractivity contribution in [2.45, 2.75) is 18.9 Å². The molecule has 0 aliphatic heterocycles. The summed E-state index contributed by atoms with van der Waals surface area (Å²) in [5, 5.41) is 13.6. The number of halogens is 2. The van der Waals surface area contributed by atoms with Gasteiger partial charge in [-0.1, -0.05) is 15.9 Å². The van der Waals surface area contributed by atoms with Crippen LogP contribution in [0.4, 0.5) is 14.9 Å². The molecule has 0 bridgehead atoms. The average molecular weight is 331 g/mol. The highest BCUT2D eigenvalue weighted by Gasteiger charge is 2.37. The van der Waals surface area contributed by atoms with Crippen LogP contribution in [0.1, 0.15) is 12.8 Å². The lowest BCUT2D eigenvalue weighted by molar-refractivity contribution is -0.139. The molecule has 0 heterocycles. The molecule has 2 rings (SSSR count). The van der Waals surface area contributed by atoms with Gasteiger partial charge in [0.15, 0.2) is 0 Å². The predicted molar refractivity (Wildman–Crippen MR) is 70.4 cm³/mol. The van der Waals surface area contributed by atoms with E-state index in [4.69, 9.17) is 5.11 Å². The Balaban J connectivity index is 2.00. The number of hydrogen-bond donors (Lipinski definition) is 3. The molecule has 3 N–H and O–H groups in total. The third kappa shape index (κ3) is 3.66. The van der Waals surface area contributed by atoms with Crippen LogP contribution in [0.15, 0.2) is 22.7 Å². The standard InChI is InChI=1S/C12H12BrFN2O3/c13-7-3-4-8(14)9(5-7)15-12(19)16-10(11(17)18)6-1-2-6/h3-6,10H,1-2H2,(H,17,18)(H2,15,16,19). The number of anilines is 1. The number of hydrogen-bond acceptors (Lipinski definition) is 2. The SMILES string of the molecule is O=C(Nc1cc(Br)ccc1F)NC(C(=O)O)C1CC1. The van der Waals surface area contributed by atoms with Crippen LogP contribution in [-0.2, 0) is 4.79 Å². The number of carboxylic acid groups (broad SMARTS) is 1. The highest BCUT2D eigenvalue weighted by Crippen LogP contribution is 2.32. The third-order valence-corrected chi connectivity index (χ3v) is 3.32. The van der Waals surface area contributed by atoms with Crippen molar-refractivity contribution in [1.82, 2.24) is 5.32 Å². The molecule has 1 atom stereocenters. The third-order valence-electron chi connectivity index (χ3n) is 2.82. The largest absolute Gasteiger partial charge is 0.480 e. The van der Waals surface area contributed by atoms with Gasteiger partial charge < -0.3 is 15.7 Å². The Hall–Kier alpha value is -1.63. The zero-order valence-electron chi connectivity index (χ0n) is 9.82. The van der Waals surface area contributed by atoms with Crippen molar-refractivity contribution in [3.63, 3.8) is 0 Å². The summed E-state index contributed by atoms with van der Waals surface area (Å²) < 4.78 is 14.0. The fourth-order valence-corrected chi connectivity index (χ4v) is 2.06. The molecule has 1 saturated carbocycles. The van der Waals surface area contributed by atoms with E-state index in [1.54, 1.807) is 0 Å². The first-order valence-corrected chi connectivity index (χ1v) is 6.52. The maximum Gasteiger partial charge on any atom is 0.326 e. The summed E-state index contributed by atoms with van der Waals surface area (Å²) in [6.45, 7) is 0. The molecule has 1 unspecified atom stereocenters. The quantitative estimate of drug-likeness (QED) is 0.793. The van der Waals surface area contributed by atoms with E-state index in [9.17, 15) is 14.0 Å². The molecule has 19 heavy (non-hydrogen) atoms. The van der Waals surface area contributed by atoms with Crippen molar-refractivity contribution in [1.29, 1.82) is 0 Å². The van der Waals surface area contributed by atoms with E-state index in [-0.39, 0.29) is 11.6 Å². The van der Waals surface area contributed by atoms with Gasteiger partial charge in [-0.3, -0.25) is 0 Å². The molecule has 1 aromatic carbocycles. The van der Waals surface area contributed by atoms with Crippen LogP contribution in [0.3, 0.4) is 0 Å². The van der Waals surface area contributed by atoms with Crippen molar-refractivity contribution in [3.05, 3.63) is 28.5 Å². The molecule has 0 spiro atoms. The zero-order chi connectivity index (χ0) is 14.0. The number of nitrogens with one attached hydrogen (secondary N) is 2. The van der Waals surface area contributed by atoms with Gasteiger partial charge in [0, 0.05) is 4.47 Å². The first-order valence-electron chi connectivity index (χ1n) is 5.73. The topological polar surface area (TPSA) is 78.4 Å². The van der Waals surface area contributed by atoms with Gasteiger partial charge >= 0.3 is 12.0 Å². The summed E-state index contributed by atoms with van der Waals surface area (Å²) in [4.78, 5) is 22.6. The second-order valence-electron chi connectivity index (χ2n) is 4.38. The van der Waals surface area contributed by atoms with Crippen LogP contribution >= 0.6 is 15.9 Å². The van der Waals surface area contributed by atoms with Gasteiger partial charge in [0.25, 0.3) is 0 Å². The monoisotopic (exact) mass is 330 g/mol. The molecular formula is C12H12BrFN2O3. The van der Waals surface area contributed by atoms with Gasteiger partial charge in [-0.2, -0.15) is 0 Å². The van der Waals surface area contributed by atoms with Crippen molar-refractivity contribution in [3.8, 4) is 0 Å². The Morgan fingerprint density at radius 1 is 1.42 bits per heavy atom. The van der Waals surface area contributed by atoms with Gasteiger partial charge in [-0.25, -0.2) is 14.0 Å². The lowest BCUT2D eigenvalue weighted by Gasteiger charge is -2.14. The van der Waals surface area contributed by atoms with Crippen LogP contribution in [0.2, 0.25) is 0 Å². The van der Waals surface area contributed by atoms with Crippen LogP contribution in [0.25, 0.3) is 0 Å². The number of carboxylic acids is 1. The van der Waals surface area contributed by atoms with Crippen molar-refractivity contribution >= 4 is 33.6 Å². The Morgan fingerprint density at radius 3 is 2.68 bits per heavy atom. The smallest absolute Gasteiger partial charge is 0.326 e. The summed E-state index contributed by atoms with van der Waals surface area (Å²) >= 11 is 3.16. The van der Waals surface area contributed by atoms with Crippen LogP contribution < -0.4 is 10.6 Å². The minimum Gasteiger partial charge on any atom is -0.480 e. The summed E-state index contributed by atoms with van der Waals surface area (Å²) in [6.07, 6.45) is 1.56.